The molecule has 0 aromatic rings. The number of nitrogens with one attached hydrogen (secondary N) is 1. The Morgan fingerprint density at radius 1 is 1.30 bits per heavy atom. The number of hydrogen-bond donors (Lipinski definition) is 1. The number of amides is 1. The molecule has 0 radical (unpaired) electrons. The molecule has 1 aliphatic carbocycles. The van der Waals surface area contributed by atoms with Crippen LogP contribution in [0.4, 0.5) is 0 Å². The maximum atomic E-state index is 11.9. The fourth-order valence-electron chi connectivity index (χ4n) is 4.52. The number of carbonyl (C=O) groups is 1. The lowest BCUT2D eigenvalue weighted by Gasteiger charge is -2.38. The SMILES string of the molecule is CCC(CCNC(=NC)N1CCC2(CCC2)C1)N1CCCC1=O. The van der Waals surface area contributed by atoms with Gasteiger partial charge >= 0.3 is 0 Å². The Balaban J connectivity index is 1.45. The van der Waals surface area contributed by atoms with Crippen molar-refractivity contribution in [2.75, 3.05) is 33.2 Å². The maximum Gasteiger partial charge on any atom is 0.222 e. The average Bonchev–Trinajstić information content (AvgIpc) is 3.14. The van der Waals surface area contributed by atoms with Crippen LogP contribution in [0.5, 0.6) is 0 Å². The van der Waals surface area contributed by atoms with E-state index in [2.05, 4.69) is 27.0 Å². The Bertz CT molecular complexity index is 458. The molecule has 23 heavy (non-hydrogen) atoms. The molecule has 3 aliphatic rings. The van der Waals surface area contributed by atoms with Crippen molar-refractivity contribution in [2.24, 2.45) is 10.4 Å². The van der Waals surface area contributed by atoms with Crippen LogP contribution in [0.1, 0.15) is 58.3 Å². The summed E-state index contributed by atoms with van der Waals surface area (Å²) in [4.78, 5) is 20.9. The van der Waals surface area contributed by atoms with Gasteiger partial charge < -0.3 is 15.1 Å². The van der Waals surface area contributed by atoms with Gasteiger partial charge in [0, 0.05) is 45.7 Å². The second kappa shape index (κ2) is 7.10. The van der Waals surface area contributed by atoms with Gasteiger partial charge in [-0.2, -0.15) is 0 Å². The topological polar surface area (TPSA) is 47.9 Å². The molecule has 130 valence electrons. The fraction of sp³-hybridized carbons (Fsp3) is 0.889. The summed E-state index contributed by atoms with van der Waals surface area (Å²) in [5.41, 5.74) is 0.603. The van der Waals surface area contributed by atoms with Crippen molar-refractivity contribution in [3.8, 4) is 0 Å². The zero-order valence-electron chi connectivity index (χ0n) is 14.8. The highest BCUT2D eigenvalue weighted by atomic mass is 16.2. The second-order valence-electron chi connectivity index (χ2n) is 7.54. The van der Waals surface area contributed by atoms with Gasteiger partial charge in [-0.25, -0.2) is 0 Å². The van der Waals surface area contributed by atoms with E-state index in [0.717, 1.165) is 51.3 Å². The molecule has 2 aliphatic heterocycles. The fourth-order valence-corrected chi connectivity index (χ4v) is 4.52. The first-order valence-corrected chi connectivity index (χ1v) is 9.42. The lowest BCUT2D eigenvalue weighted by molar-refractivity contribution is -0.129. The van der Waals surface area contributed by atoms with E-state index in [4.69, 9.17) is 0 Å². The molecule has 5 heteroatoms. The molecule has 1 unspecified atom stereocenters. The lowest BCUT2D eigenvalue weighted by Crippen LogP contribution is -2.44. The normalized spacial score (nSPS) is 25.1. The van der Waals surface area contributed by atoms with Crippen molar-refractivity contribution in [3.05, 3.63) is 0 Å². The molecule has 5 nitrogen and oxygen atoms in total. The quantitative estimate of drug-likeness (QED) is 0.624. The van der Waals surface area contributed by atoms with E-state index in [-0.39, 0.29) is 0 Å². The van der Waals surface area contributed by atoms with E-state index < -0.39 is 0 Å². The van der Waals surface area contributed by atoms with Crippen LogP contribution in [-0.2, 0) is 4.79 Å². The molecule has 2 heterocycles. The van der Waals surface area contributed by atoms with Gasteiger partial charge in [-0.3, -0.25) is 9.79 Å². The van der Waals surface area contributed by atoms with Gasteiger partial charge in [0.2, 0.25) is 5.91 Å². The first kappa shape index (κ1) is 16.6. The smallest absolute Gasteiger partial charge is 0.222 e. The standard InChI is InChI=1S/C18H32N4O/c1-3-15(22-12-4-6-16(22)23)7-11-20-17(19-2)21-13-10-18(14-21)8-5-9-18/h15H,3-14H2,1-2H3,(H,19,20). The van der Waals surface area contributed by atoms with Crippen LogP contribution < -0.4 is 5.32 Å². The van der Waals surface area contributed by atoms with E-state index in [9.17, 15) is 4.79 Å². The summed E-state index contributed by atoms with van der Waals surface area (Å²) in [5, 5.41) is 3.54. The van der Waals surface area contributed by atoms with Gasteiger partial charge in [0.05, 0.1) is 0 Å². The van der Waals surface area contributed by atoms with Crippen LogP contribution in [0.25, 0.3) is 0 Å². The zero-order valence-corrected chi connectivity index (χ0v) is 14.8. The van der Waals surface area contributed by atoms with E-state index >= 15 is 0 Å². The highest BCUT2D eigenvalue weighted by molar-refractivity contribution is 5.80. The predicted octanol–water partition coefficient (Wildman–Crippen LogP) is 2.23. The molecule has 1 spiro atoms. The summed E-state index contributed by atoms with van der Waals surface area (Å²) >= 11 is 0. The molecule has 3 rings (SSSR count). The van der Waals surface area contributed by atoms with Crippen molar-refractivity contribution in [2.45, 2.75) is 64.3 Å². The molecule has 0 aromatic heterocycles. The summed E-state index contributed by atoms with van der Waals surface area (Å²) < 4.78 is 0. The predicted molar refractivity (Wildman–Crippen MR) is 93.5 cm³/mol. The number of nitrogens with zero attached hydrogens (tertiary/aromatic N) is 3. The van der Waals surface area contributed by atoms with Crippen molar-refractivity contribution in [3.63, 3.8) is 0 Å². The molecule has 0 aromatic carbocycles. The first-order chi connectivity index (χ1) is 11.2. The van der Waals surface area contributed by atoms with E-state index in [1.54, 1.807) is 0 Å². The van der Waals surface area contributed by atoms with Crippen LogP contribution in [0.3, 0.4) is 0 Å². The molecular weight excluding hydrogens is 288 g/mol. The van der Waals surface area contributed by atoms with Gasteiger partial charge in [-0.1, -0.05) is 13.3 Å². The Kier molecular flexibility index (Phi) is 5.12. The van der Waals surface area contributed by atoms with E-state index in [1.807, 2.05) is 7.05 Å². The summed E-state index contributed by atoms with van der Waals surface area (Å²) in [7, 11) is 1.88. The van der Waals surface area contributed by atoms with Gasteiger partial charge in [-0.05, 0) is 43.9 Å². The molecule has 0 bridgehead atoms. The third-order valence-electron chi connectivity index (χ3n) is 6.15. The molecule has 1 N–H and O–H groups in total. The number of guanidine groups is 1. The van der Waals surface area contributed by atoms with Crippen molar-refractivity contribution in [1.82, 2.24) is 15.1 Å². The number of aliphatic imine (C=N–C) groups is 1. The third-order valence-corrected chi connectivity index (χ3v) is 6.15. The maximum absolute atomic E-state index is 11.9. The average molecular weight is 320 g/mol. The van der Waals surface area contributed by atoms with Crippen LogP contribution in [0, 0.1) is 5.41 Å². The van der Waals surface area contributed by atoms with Crippen LogP contribution >= 0.6 is 0 Å². The summed E-state index contributed by atoms with van der Waals surface area (Å²) in [6.45, 7) is 6.35. The number of hydrogen-bond acceptors (Lipinski definition) is 2. The minimum absolute atomic E-state index is 0.340. The van der Waals surface area contributed by atoms with Crippen LogP contribution in [0.15, 0.2) is 4.99 Å². The Morgan fingerprint density at radius 3 is 2.65 bits per heavy atom. The molecule has 1 amide bonds. The number of carbonyl (C=O) groups excluding carboxylic acids is 1. The Hall–Kier alpha value is -1.26. The number of likely N-dealkylation sites (tertiary alicyclic amines) is 2. The minimum Gasteiger partial charge on any atom is -0.356 e. The first-order valence-electron chi connectivity index (χ1n) is 9.42. The highest BCUT2D eigenvalue weighted by Gasteiger charge is 2.43. The number of rotatable bonds is 5. The Labute approximate surface area is 140 Å². The Morgan fingerprint density at radius 2 is 2.13 bits per heavy atom. The summed E-state index contributed by atoms with van der Waals surface area (Å²) in [5.74, 6) is 1.39. The molecule has 2 saturated heterocycles. The third kappa shape index (κ3) is 3.48. The second-order valence-corrected chi connectivity index (χ2v) is 7.54. The summed E-state index contributed by atoms with van der Waals surface area (Å²) in [6.07, 6.45) is 9.35. The zero-order chi connectivity index (χ0) is 16.3. The van der Waals surface area contributed by atoms with Gasteiger partial charge in [0.25, 0.3) is 0 Å². The van der Waals surface area contributed by atoms with Crippen molar-refractivity contribution >= 4 is 11.9 Å². The van der Waals surface area contributed by atoms with Crippen LogP contribution in [0.2, 0.25) is 0 Å². The minimum atomic E-state index is 0.340. The molecule has 1 saturated carbocycles. The van der Waals surface area contributed by atoms with Gasteiger partial charge in [-0.15, -0.1) is 0 Å². The molecular formula is C18H32N4O. The van der Waals surface area contributed by atoms with E-state index in [1.165, 1.54) is 32.2 Å². The highest BCUT2D eigenvalue weighted by Crippen LogP contribution is 2.47. The van der Waals surface area contributed by atoms with Gasteiger partial charge in [0.15, 0.2) is 5.96 Å². The molecule has 3 fully saturated rings. The van der Waals surface area contributed by atoms with Gasteiger partial charge in [0.1, 0.15) is 0 Å². The largest absolute Gasteiger partial charge is 0.356 e. The van der Waals surface area contributed by atoms with Crippen molar-refractivity contribution in [1.29, 1.82) is 0 Å². The summed E-state index contributed by atoms with van der Waals surface area (Å²) in [6, 6.07) is 0.382. The lowest BCUT2D eigenvalue weighted by atomic mass is 9.68. The molecule has 1 atom stereocenters. The van der Waals surface area contributed by atoms with Crippen molar-refractivity contribution < 1.29 is 4.79 Å². The van der Waals surface area contributed by atoms with E-state index in [0.29, 0.717) is 17.4 Å². The monoisotopic (exact) mass is 320 g/mol. The van der Waals surface area contributed by atoms with Crippen LogP contribution in [-0.4, -0.2) is 60.9 Å².